The van der Waals surface area contributed by atoms with Gasteiger partial charge in [0.1, 0.15) is 0 Å². The number of hydrogen-bond donors (Lipinski definition) is 1. The summed E-state index contributed by atoms with van der Waals surface area (Å²) >= 11 is 3.28. The van der Waals surface area contributed by atoms with E-state index in [-0.39, 0.29) is 31.1 Å². The largest absolute Gasteiger partial charge is 0.310 e. The second kappa shape index (κ2) is 16.5. The molecule has 4 aromatic carbocycles. The van der Waals surface area contributed by atoms with E-state index in [0.717, 1.165) is 37.7 Å². The smallest absolute Gasteiger partial charge is 0.261 e. The van der Waals surface area contributed by atoms with Crippen LogP contribution in [0.15, 0.2) is 84.9 Å². The van der Waals surface area contributed by atoms with Crippen LogP contribution in [-0.4, -0.2) is 76.4 Å². The van der Waals surface area contributed by atoms with Gasteiger partial charge < -0.3 is 5.32 Å². The number of carbonyl (C=O) groups excluding carboxylic acids is 4. The molecule has 2 atom stereocenters. The van der Waals surface area contributed by atoms with Crippen molar-refractivity contribution in [2.75, 3.05) is 38.1 Å². The Labute approximate surface area is 327 Å². The van der Waals surface area contributed by atoms with E-state index in [4.69, 9.17) is 0 Å². The van der Waals surface area contributed by atoms with E-state index in [2.05, 4.69) is 62.5 Å². The van der Waals surface area contributed by atoms with Crippen LogP contribution in [0, 0.1) is 0 Å². The van der Waals surface area contributed by atoms with Crippen LogP contribution in [0.3, 0.4) is 0 Å². The van der Waals surface area contributed by atoms with Gasteiger partial charge in [0.05, 0.1) is 22.3 Å². The molecule has 2 aliphatic carbocycles. The number of halogens is 1. The molecule has 9 heteroatoms. The predicted octanol–water partition coefficient (Wildman–Crippen LogP) is 7.74. The molecular formula is C45H49BrN4O4. The van der Waals surface area contributed by atoms with Crippen LogP contribution in [0.25, 0.3) is 0 Å². The summed E-state index contributed by atoms with van der Waals surface area (Å²) in [6.45, 7) is 4.16. The molecule has 0 saturated carbocycles. The first-order valence-electron chi connectivity index (χ1n) is 19.1. The number of nitrogens with one attached hydrogen (secondary N) is 1. The van der Waals surface area contributed by atoms with Gasteiger partial charge in [0.15, 0.2) is 0 Å². The van der Waals surface area contributed by atoms with Crippen molar-refractivity contribution < 1.29 is 19.2 Å². The molecular weight excluding hydrogens is 740 g/mol. The normalized spacial score (nSPS) is 19.9. The van der Waals surface area contributed by atoms with Gasteiger partial charge in [-0.1, -0.05) is 84.0 Å². The first-order chi connectivity index (χ1) is 25.9. The first kappa shape index (κ1) is 37.9. The Bertz CT molecular complexity index is 2010. The van der Waals surface area contributed by atoms with Crippen LogP contribution in [0.5, 0.6) is 0 Å². The summed E-state index contributed by atoms with van der Waals surface area (Å²) in [5.74, 6) is -0.622. The van der Waals surface area contributed by atoms with Crippen LogP contribution in [0.1, 0.15) is 120 Å². The van der Waals surface area contributed by atoms with E-state index in [0.29, 0.717) is 47.4 Å². The summed E-state index contributed by atoms with van der Waals surface area (Å²) < 4.78 is 0. The van der Waals surface area contributed by atoms with Crippen LogP contribution < -0.4 is 5.32 Å². The van der Waals surface area contributed by atoms with E-state index in [9.17, 15) is 19.2 Å². The van der Waals surface area contributed by atoms with Gasteiger partial charge in [-0.3, -0.25) is 33.9 Å². The summed E-state index contributed by atoms with van der Waals surface area (Å²) in [4.78, 5) is 53.8. The number of fused-ring (bicyclic) bond motifs is 2. The molecule has 4 aromatic rings. The van der Waals surface area contributed by atoms with Gasteiger partial charge in [-0.05, 0) is 116 Å². The molecule has 4 aliphatic heterocycles. The Balaban J connectivity index is 0.000000136. The van der Waals surface area contributed by atoms with Gasteiger partial charge in [0, 0.05) is 43.6 Å². The highest BCUT2D eigenvalue weighted by molar-refractivity contribution is 9.09. The van der Waals surface area contributed by atoms with Gasteiger partial charge in [0.25, 0.3) is 23.6 Å². The number of benzene rings is 4. The van der Waals surface area contributed by atoms with Crippen LogP contribution >= 0.6 is 15.9 Å². The van der Waals surface area contributed by atoms with E-state index in [1.165, 1.54) is 59.6 Å². The van der Waals surface area contributed by atoms with E-state index >= 15 is 0 Å². The lowest BCUT2D eigenvalue weighted by molar-refractivity contribution is 0.0632. The summed E-state index contributed by atoms with van der Waals surface area (Å²) in [6, 6.07) is 28.8. The Kier molecular flexibility index (Phi) is 11.6. The lowest BCUT2D eigenvalue weighted by atomic mass is 9.93. The molecule has 2 unspecified atom stereocenters. The number of imide groups is 2. The molecule has 4 heterocycles. The molecule has 8 nitrogen and oxygen atoms in total. The molecule has 0 radical (unpaired) electrons. The predicted molar refractivity (Wildman–Crippen MR) is 215 cm³/mol. The highest BCUT2D eigenvalue weighted by Crippen LogP contribution is 2.41. The summed E-state index contributed by atoms with van der Waals surface area (Å²) in [5.41, 5.74) is 11.5. The van der Waals surface area contributed by atoms with Crippen molar-refractivity contribution in [3.8, 4) is 0 Å². The average molecular weight is 790 g/mol. The minimum Gasteiger partial charge on any atom is -0.310 e. The fourth-order valence-electron chi connectivity index (χ4n) is 9.13. The first-order valence-corrected chi connectivity index (χ1v) is 20.2. The number of rotatable bonds is 7. The molecule has 1 N–H and O–H groups in total. The van der Waals surface area contributed by atoms with Crippen molar-refractivity contribution in [2.45, 2.75) is 70.9 Å². The average Bonchev–Trinajstić information content (AvgIpc) is 3.95. The Hall–Kier alpha value is -4.44. The lowest BCUT2D eigenvalue weighted by Gasteiger charge is -2.35. The summed E-state index contributed by atoms with van der Waals surface area (Å²) in [7, 11) is 0. The molecule has 0 saturated heterocycles. The van der Waals surface area contributed by atoms with Gasteiger partial charge in [-0.25, -0.2) is 0 Å². The third kappa shape index (κ3) is 7.09. The Morgan fingerprint density at radius 3 is 1.59 bits per heavy atom. The molecule has 54 heavy (non-hydrogen) atoms. The molecule has 10 rings (SSSR count). The number of nitrogens with zero attached hydrogens (tertiary/aromatic N) is 3. The number of hydrogen-bond acceptors (Lipinski definition) is 6. The van der Waals surface area contributed by atoms with Crippen molar-refractivity contribution in [1.29, 1.82) is 0 Å². The SMILES string of the molecule is C.O=C1c2ccccc2C(=O)N1CCCBr.O=C1c2ccccc2C(=O)N1CCCN1CCc2cccc3c2C1CC3.c1cc2c3c(c1)CCC3NCC2. The topological polar surface area (TPSA) is 90.0 Å². The number of amides is 4. The molecule has 0 bridgehead atoms. The maximum absolute atomic E-state index is 12.5. The van der Waals surface area contributed by atoms with Gasteiger partial charge in [-0.2, -0.15) is 0 Å². The van der Waals surface area contributed by atoms with Crippen molar-refractivity contribution in [3.05, 3.63) is 141 Å². The molecule has 6 aliphatic rings. The summed E-state index contributed by atoms with van der Waals surface area (Å²) in [5, 5.41) is 4.37. The Morgan fingerprint density at radius 2 is 1.04 bits per heavy atom. The van der Waals surface area contributed by atoms with Crippen molar-refractivity contribution in [2.24, 2.45) is 0 Å². The third-order valence-corrected chi connectivity index (χ3v) is 12.2. The second-order valence-electron chi connectivity index (χ2n) is 14.6. The fourth-order valence-corrected chi connectivity index (χ4v) is 9.38. The van der Waals surface area contributed by atoms with Crippen molar-refractivity contribution in [3.63, 3.8) is 0 Å². The zero-order valence-corrected chi connectivity index (χ0v) is 31.6. The number of carbonyl (C=O) groups is 4. The standard InChI is InChI=1S/C22H22N2O2.C11H10BrNO2.C11H13N.CH4/c25-21-17-7-1-2-8-18(17)22(26)24(21)13-4-12-23-14-11-16-6-3-5-15-9-10-19(23)20(15)16;12-6-3-7-13-10(14)8-4-1-2-5-9(8)11(13)15;1-2-8-4-5-10-11(8)9(3-1)6-7-12-10;/h1-3,5-8,19H,4,9-14H2;1-2,4-5H,3,6-7H2;1-3,10,12H,4-7H2;1H4. The quantitative estimate of drug-likeness (QED) is 0.152. The summed E-state index contributed by atoms with van der Waals surface area (Å²) in [6.07, 6.45) is 8.90. The van der Waals surface area contributed by atoms with Crippen LogP contribution in [0.4, 0.5) is 0 Å². The maximum Gasteiger partial charge on any atom is 0.261 e. The minimum absolute atomic E-state index is 0. The number of alkyl halides is 1. The third-order valence-electron chi connectivity index (χ3n) is 11.6. The van der Waals surface area contributed by atoms with Crippen molar-refractivity contribution >= 4 is 39.6 Å². The highest BCUT2D eigenvalue weighted by atomic mass is 79.9. The van der Waals surface area contributed by atoms with Crippen molar-refractivity contribution in [1.82, 2.24) is 20.0 Å². The molecule has 0 spiro atoms. The van der Waals surface area contributed by atoms with E-state index in [1.54, 1.807) is 58.7 Å². The fraction of sp³-hybridized carbons (Fsp3) is 0.378. The molecule has 280 valence electrons. The number of aryl methyl sites for hydroxylation is 2. The molecule has 0 aromatic heterocycles. The molecule has 4 amide bonds. The zero-order valence-electron chi connectivity index (χ0n) is 30.0. The Morgan fingerprint density at radius 1 is 0.556 bits per heavy atom. The van der Waals surface area contributed by atoms with Gasteiger partial charge in [-0.15, -0.1) is 0 Å². The monoisotopic (exact) mass is 788 g/mol. The maximum atomic E-state index is 12.5. The minimum atomic E-state index is -0.170. The zero-order chi connectivity index (χ0) is 36.5. The van der Waals surface area contributed by atoms with Gasteiger partial charge >= 0.3 is 0 Å². The lowest BCUT2D eigenvalue weighted by Crippen LogP contribution is -2.37. The van der Waals surface area contributed by atoms with Gasteiger partial charge in [0.2, 0.25) is 0 Å². The molecule has 0 fully saturated rings. The van der Waals surface area contributed by atoms with Crippen LogP contribution in [0.2, 0.25) is 0 Å². The van der Waals surface area contributed by atoms with E-state index in [1.807, 2.05) is 12.1 Å². The van der Waals surface area contributed by atoms with E-state index < -0.39 is 0 Å². The van der Waals surface area contributed by atoms with Crippen LogP contribution in [-0.2, 0) is 25.7 Å². The highest BCUT2D eigenvalue weighted by Gasteiger charge is 2.37. The second-order valence-corrected chi connectivity index (χ2v) is 15.4.